The molecule has 180 valence electrons. The summed E-state index contributed by atoms with van der Waals surface area (Å²) >= 11 is 2.81. The number of thiophene rings is 1. The van der Waals surface area contributed by atoms with Gasteiger partial charge in [-0.15, -0.1) is 11.3 Å². The maximum absolute atomic E-state index is 13.3. The Hall–Kier alpha value is -3.89. The molecule has 0 bridgehead atoms. The molecule has 10 heteroatoms. The Balaban J connectivity index is 1.52. The second-order valence-electron chi connectivity index (χ2n) is 8.08. The van der Waals surface area contributed by atoms with Crippen LogP contribution in [0.5, 0.6) is 0 Å². The molecule has 2 heterocycles. The van der Waals surface area contributed by atoms with Crippen LogP contribution in [0.3, 0.4) is 0 Å². The molecular formula is C26H21N5O3S2. The van der Waals surface area contributed by atoms with Crippen molar-refractivity contribution < 1.29 is 9.72 Å². The maximum atomic E-state index is 13.3. The van der Waals surface area contributed by atoms with E-state index >= 15 is 0 Å². The van der Waals surface area contributed by atoms with E-state index in [9.17, 15) is 14.9 Å². The van der Waals surface area contributed by atoms with Crippen molar-refractivity contribution in [1.29, 1.82) is 0 Å². The Bertz CT molecular complexity index is 1440. The third-order valence-corrected chi connectivity index (χ3v) is 7.86. The molecule has 2 aromatic heterocycles. The number of rotatable bonds is 7. The molecule has 1 N–H and O–H groups in total. The van der Waals surface area contributed by atoms with Gasteiger partial charge in [-0.05, 0) is 67.3 Å². The van der Waals surface area contributed by atoms with Crippen LogP contribution in [0.25, 0.3) is 0 Å². The van der Waals surface area contributed by atoms with Gasteiger partial charge in [-0.3, -0.25) is 14.9 Å². The van der Waals surface area contributed by atoms with Crippen LogP contribution in [0.4, 0.5) is 16.4 Å². The fraction of sp³-hybridized carbons (Fsp3) is 0.154. The lowest BCUT2D eigenvalue weighted by molar-refractivity contribution is -0.384. The molecule has 0 aliphatic heterocycles. The van der Waals surface area contributed by atoms with Crippen molar-refractivity contribution in [1.82, 2.24) is 9.97 Å². The summed E-state index contributed by atoms with van der Waals surface area (Å²) in [6.07, 6.45) is 8.74. The second-order valence-corrected chi connectivity index (χ2v) is 10.2. The molecule has 0 radical (unpaired) electrons. The summed E-state index contributed by atoms with van der Waals surface area (Å²) in [4.78, 5) is 39.4. The molecule has 0 atom stereocenters. The summed E-state index contributed by atoms with van der Waals surface area (Å²) < 4.78 is 0. The molecular weight excluding hydrogens is 494 g/mol. The highest BCUT2D eigenvalue weighted by Gasteiger charge is 2.25. The van der Waals surface area contributed by atoms with E-state index in [1.54, 1.807) is 30.7 Å². The minimum Gasteiger partial charge on any atom is -0.322 e. The molecule has 1 amide bonds. The molecule has 0 saturated heterocycles. The van der Waals surface area contributed by atoms with Crippen LogP contribution in [0.1, 0.15) is 39.2 Å². The number of para-hydroxylation sites is 1. The number of nitrogens with one attached hydrogen (secondary N) is 1. The average molecular weight is 516 g/mol. The molecule has 8 nitrogen and oxygen atoms in total. The van der Waals surface area contributed by atoms with E-state index in [4.69, 9.17) is 4.99 Å². The summed E-state index contributed by atoms with van der Waals surface area (Å²) in [6.45, 7) is 0. The smallest absolute Gasteiger partial charge is 0.270 e. The van der Waals surface area contributed by atoms with Crippen molar-refractivity contribution in [2.45, 2.75) is 35.7 Å². The van der Waals surface area contributed by atoms with E-state index < -0.39 is 4.92 Å². The number of non-ortho nitro benzene ring substituents is 1. The molecule has 0 fully saturated rings. The number of nitro groups is 1. The Morgan fingerprint density at radius 1 is 1.08 bits per heavy atom. The quantitative estimate of drug-likeness (QED) is 0.131. The highest BCUT2D eigenvalue weighted by Crippen LogP contribution is 2.40. The van der Waals surface area contributed by atoms with Gasteiger partial charge >= 0.3 is 0 Å². The summed E-state index contributed by atoms with van der Waals surface area (Å²) in [5.74, 6) is -0.195. The second kappa shape index (κ2) is 10.8. The lowest BCUT2D eigenvalue weighted by Crippen LogP contribution is -2.14. The monoisotopic (exact) mass is 515 g/mol. The molecule has 2 aromatic carbocycles. The fourth-order valence-corrected chi connectivity index (χ4v) is 6.02. The van der Waals surface area contributed by atoms with Crippen molar-refractivity contribution in [3.63, 3.8) is 0 Å². The van der Waals surface area contributed by atoms with Gasteiger partial charge in [-0.1, -0.05) is 18.2 Å². The predicted octanol–water partition coefficient (Wildman–Crippen LogP) is 6.48. The molecule has 4 aromatic rings. The number of nitro benzene ring substituents is 1. The Kier molecular flexibility index (Phi) is 7.15. The minimum atomic E-state index is -0.437. The highest BCUT2D eigenvalue weighted by molar-refractivity contribution is 7.99. The Labute approximate surface area is 215 Å². The predicted molar refractivity (Wildman–Crippen MR) is 142 cm³/mol. The van der Waals surface area contributed by atoms with Crippen LogP contribution < -0.4 is 5.32 Å². The third-order valence-electron chi connectivity index (χ3n) is 5.68. The van der Waals surface area contributed by atoms with Crippen molar-refractivity contribution in [2.75, 3.05) is 5.32 Å². The fourth-order valence-electron chi connectivity index (χ4n) is 4.00. The van der Waals surface area contributed by atoms with Crippen LogP contribution in [-0.4, -0.2) is 27.0 Å². The Morgan fingerprint density at radius 2 is 1.86 bits per heavy atom. The topological polar surface area (TPSA) is 110 Å². The zero-order valence-corrected chi connectivity index (χ0v) is 20.7. The first-order chi connectivity index (χ1) is 17.6. The van der Waals surface area contributed by atoms with Gasteiger partial charge in [0.25, 0.3) is 11.6 Å². The van der Waals surface area contributed by atoms with E-state index in [-0.39, 0.29) is 11.6 Å². The summed E-state index contributed by atoms with van der Waals surface area (Å²) in [5, 5.41) is 15.5. The van der Waals surface area contributed by atoms with E-state index in [2.05, 4.69) is 15.3 Å². The molecule has 0 saturated carbocycles. The van der Waals surface area contributed by atoms with Gasteiger partial charge < -0.3 is 5.32 Å². The highest BCUT2D eigenvalue weighted by atomic mass is 32.2. The van der Waals surface area contributed by atoms with Crippen LogP contribution in [0.15, 0.2) is 82.0 Å². The van der Waals surface area contributed by atoms with Crippen LogP contribution in [0.2, 0.25) is 0 Å². The molecule has 0 spiro atoms. The van der Waals surface area contributed by atoms with Crippen molar-refractivity contribution in [2.24, 2.45) is 4.99 Å². The lowest BCUT2D eigenvalue weighted by Gasteiger charge is -2.12. The van der Waals surface area contributed by atoms with Gasteiger partial charge in [0, 0.05) is 51.8 Å². The third kappa shape index (κ3) is 5.34. The number of carbonyl (C=O) groups is 1. The number of amides is 1. The van der Waals surface area contributed by atoms with Gasteiger partial charge in [-0.25, -0.2) is 15.0 Å². The zero-order chi connectivity index (χ0) is 24.9. The summed E-state index contributed by atoms with van der Waals surface area (Å²) in [5.41, 5.74) is 2.87. The molecule has 1 aliphatic carbocycles. The number of hydrogen-bond acceptors (Lipinski definition) is 8. The van der Waals surface area contributed by atoms with Crippen LogP contribution in [0, 0.1) is 10.1 Å². The minimum absolute atomic E-state index is 0.0395. The number of fused-ring (bicyclic) bond motifs is 1. The van der Waals surface area contributed by atoms with Crippen molar-refractivity contribution in [3.05, 3.63) is 98.7 Å². The van der Waals surface area contributed by atoms with Gasteiger partial charge in [-0.2, -0.15) is 0 Å². The zero-order valence-electron chi connectivity index (χ0n) is 19.1. The molecule has 5 rings (SSSR count). The van der Waals surface area contributed by atoms with E-state index in [1.165, 1.54) is 40.1 Å². The number of aliphatic imine (C=N–C) groups is 1. The van der Waals surface area contributed by atoms with Gasteiger partial charge in [0.1, 0.15) is 5.00 Å². The Morgan fingerprint density at radius 3 is 2.64 bits per heavy atom. The maximum Gasteiger partial charge on any atom is 0.270 e. The van der Waals surface area contributed by atoms with Crippen molar-refractivity contribution >= 4 is 51.6 Å². The molecule has 0 unspecified atom stereocenters. The largest absolute Gasteiger partial charge is 0.322 e. The number of aromatic nitrogens is 2. The molecule has 36 heavy (non-hydrogen) atoms. The van der Waals surface area contributed by atoms with Crippen LogP contribution in [-0.2, 0) is 12.8 Å². The number of carbonyl (C=O) groups excluding carboxylic acids is 1. The van der Waals surface area contributed by atoms with Gasteiger partial charge in [0.15, 0.2) is 5.16 Å². The van der Waals surface area contributed by atoms with E-state index in [0.717, 1.165) is 36.1 Å². The summed E-state index contributed by atoms with van der Waals surface area (Å²) in [7, 11) is 0. The first-order valence-corrected chi connectivity index (χ1v) is 13.0. The first-order valence-electron chi connectivity index (χ1n) is 11.4. The lowest BCUT2D eigenvalue weighted by atomic mass is 9.95. The number of aryl methyl sites for hydroxylation is 1. The number of hydrogen-bond donors (Lipinski definition) is 1. The van der Waals surface area contributed by atoms with E-state index in [0.29, 0.717) is 27.0 Å². The number of nitrogens with zero attached hydrogens (tertiary/aromatic N) is 4. The summed E-state index contributed by atoms with van der Waals surface area (Å²) in [6, 6.07) is 15.7. The van der Waals surface area contributed by atoms with Crippen LogP contribution >= 0.6 is 23.1 Å². The van der Waals surface area contributed by atoms with E-state index in [1.807, 2.05) is 30.3 Å². The molecule has 1 aliphatic rings. The first kappa shape index (κ1) is 23.8. The van der Waals surface area contributed by atoms with Gasteiger partial charge in [0.2, 0.25) is 0 Å². The average Bonchev–Trinajstić information content (AvgIpc) is 3.28. The van der Waals surface area contributed by atoms with Crippen molar-refractivity contribution in [3.8, 4) is 0 Å². The normalized spacial score (nSPS) is 12.9. The standard InChI is InChI=1S/C26H21N5O3S2/c32-24(30-18-7-2-1-3-8-18)23-20-9-4-5-10-22(20)35-25(23)29-16-17-15-19(31(33)34)11-12-21(17)36-26-27-13-6-14-28-26/h1-3,6-8,11-16H,4-5,9-10H2,(H,30,32). The number of benzene rings is 2. The SMILES string of the molecule is O=C(Nc1ccccc1)c1c(N=Cc2cc([N+](=O)[O-])ccc2Sc2ncccn2)sc2c1CCCC2. The van der Waals surface area contributed by atoms with Gasteiger partial charge in [0.05, 0.1) is 10.5 Å². The number of anilines is 1.